The lowest BCUT2D eigenvalue weighted by atomic mass is 10.1. The maximum Gasteiger partial charge on any atom is 0.335 e. The molecule has 6 heteroatoms. The van der Waals surface area contributed by atoms with E-state index in [1.807, 2.05) is 18.2 Å². The van der Waals surface area contributed by atoms with Crippen LogP contribution < -0.4 is 17.3 Å². The van der Waals surface area contributed by atoms with Crippen molar-refractivity contribution in [2.45, 2.75) is 25.0 Å². The molecule has 1 unspecified atom stereocenters. The van der Waals surface area contributed by atoms with Gasteiger partial charge in [-0.15, -0.1) is 0 Å². The zero-order valence-electron chi connectivity index (χ0n) is 10.3. The van der Waals surface area contributed by atoms with E-state index in [-0.39, 0.29) is 24.8 Å². The van der Waals surface area contributed by atoms with Crippen LogP contribution in [0.25, 0.3) is 0 Å². The molecule has 2 aliphatic heterocycles. The van der Waals surface area contributed by atoms with Gasteiger partial charge in [-0.25, -0.2) is 4.79 Å². The Labute approximate surface area is 117 Å². The van der Waals surface area contributed by atoms with Gasteiger partial charge in [0, 0.05) is 5.56 Å². The minimum absolute atomic E-state index is 0. The quantitative estimate of drug-likeness (QED) is 0.600. The van der Waals surface area contributed by atoms with Crippen molar-refractivity contribution in [2.24, 2.45) is 0 Å². The Bertz CT molecular complexity index is 442. The number of hydrogen-bond donors (Lipinski definition) is 2. The number of nitrogens with one attached hydrogen (secondary N) is 1. The molecule has 0 aromatic heterocycles. The van der Waals surface area contributed by atoms with Gasteiger partial charge in [-0.2, -0.15) is 0 Å². The molecule has 0 aliphatic carbocycles. The Morgan fingerprint density at radius 2 is 2.00 bits per heavy atom. The highest BCUT2D eigenvalue weighted by Crippen LogP contribution is 2.20. The lowest BCUT2D eigenvalue weighted by Gasteiger charge is -2.27. The van der Waals surface area contributed by atoms with Crippen molar-refractivity contribution < 1.29 is 36.7 Å². The summed E-state index contributed by atoms with van der Waals surface area (Å²) in [6, 6.07) is 10.2. The van der Waals surface area contributed by atoms with Crippen LogP contribution in [0.2, 0.25) is 0 Å². The fourth-order valence-corrected chi connectivity index (χ4v) is 2.65. The van der Waals surface area contributed by atoms with E-state index in [1.54, 1.807) is 0 Å². The Kier molecular flexibility index (Phi) is 4.42. The molecule has 2 bridgehead atoms. The van der Waals surface area contributed by atoms with Crippen molar-refractivity contribution in [1.29, 1.82) is 0 Å². The Balaban J connectivity index is 0.00000133. The third kappa shape index (κ3) is 3.06. The number of rotatable bonds is 3. The summed E-state index contributed by atoms with van der Waals surface area (Å²) in [5.41, 5.74) is 1.25. The van der Waals surface area contributed by atoms with Crippen LogP contribution >= 0.6 is 0 Å². The molecule has 2 aliphatic rings. The molecule has 2 fully saturated rings. The summed E-state index contributed by atoms with van der Waals surface area (Å²) in [5.74, 6) is -0.927. The Morgan fingerprint density at radius 1 is 1.26 bits per heavy atom. The monoisotopic (exact) mass is 285 g/mol. The van der Waals surface area contributed by atoms with Crippen molar-refractivity contribution >= 4 is 5.97 Å². The van der Waals surface area contributed by atoms with Crippen LogP contribution in [0.1, 0.15) is 5.56 Å². The zero-order valence-corrected chi connectivity index (χ0v) is 11.0. The predicted molar refractivity (Wildman–Crippen MR) is 62.0 cm³/mol. The van der Waals surface area contributed by atoms with Crippen molar-refractivity contribution in [2.75, 3.05) is 13.1 Å². The predicted octanol–water partition coefficient (Wildman–Crippen LogP) is -3.72. The largest absolute Gasteiger partial charge is 1.00 e. The smallest absolute Gasteiger partial charge is 0.335 e. The number of halogens is 1. The molecule has 2 saturated heterocycles. The van der Waals surface area contributed by atoms with Gasteiger partial charge in [-0.1, -0.05) is 30.3 Å². The van der Waals surface area contributed by atoms with Crippen LogP contribution in [0.15, 0.2) is 30.3 Å². The molecule has 4 atom stereocenters. The number of aliphatic carboxylic acids is 1. The second kappa shape index (κ2) is 5.88. The number of carboxylic acids is 1. The highest BCUT2D eigenvalue weighted by molar-refractivity contribution is 5.73. The standard InChI is InChI=1S/C13H15NO4.ClH/c15-13(16)12-10-7-14(8-11(17-10)18-12)6-9-4-2-1-3-5-9;/h1-5,10-12H,6-8H2,(H,15,16);1H/t10-,11-,12+;/m0./s1. The van der Waals surface area contributed by atoms with Gasteiger partial charge in [0.25, 0.3) is 0 Å². The molecule has 1 aromatic rings. The normalized spacial score (nSPS) is 32.6. The van der Waals surface area contributed by atoms with Gasteiger partial charge in [0.1, 0.15) is 25.7 Å². The number of morpholine rings is 1. The first-order valence-electron chi connectivity index (χ1n) is 6.13. The van der Waals surface area contributed by atoms with E-state index in [4.69, 9.17) is 14.6 Å². The SMILES string of the molecule is O=C(O)[C@@H]1O[C@H]2C[NH+](Cc3ccccc3)C[C@@H]1O2.[Cl-]. The summed E-state index contributed by atoms with van der Waals surface area (Å²) in [6.45, 7) is 2.27. The second-order valence-electron chi connectivity index (χ2n) is 4.82. The number of quaternary nitrogens is 1. The maximum absolute atomic E-state index is 11.0. The molecule has 2 N–H and O–H groups in total. The molecule has 0 spiro atoms. The lowest BCUT2D eigenvalue weighted by molar-refractivity contribution is -0.928. The van der Waals surface area contributed by atoms with E-state index in [1.165, 1.54) is 10.5 Å². The highest BCUT2D eigenvalue weighted by atomic mass is 35.5. The van der Waals surface area contributed by atoms with Gasteiger partial charge < -0.3 is 31.9 Å². The van der Waals surface area contributed by atoms with Crippen LogP contribution in [0.3, 0.4) is 0 Å². The van der Waals surface area contributed by atoms with Gasteiger partial charge >= 0.3 is 5.97 Å². The Hall–Kier alpha value is -1.14. The van der Waals surface area contributed by atoms with Gasteiger partial charge in [-0.3, -0.25) is 0 Å². The van der Waals surface area contributed by atoms with Crippen LogP contribution in [-0.4, -0.2) is 42.7 Å². The van der Waals surface area contributed by atoms with Crippen LogP contribution in [0.5, 0.6) is 0 Å². The number of benzene rings is 1. The molecule has 5 nitrogen and oxygen atoms in total. The van der Waals surface area contributed by atoms with Crippen LogP contribution in [0, 0.1) is 0 Å². The average molecular weight is 286 g/mol. The van der Waals surface area contributed by atoms with Gasteiger partial charge in [0.15, 0.2) is 6.10 Å². The minimum Gasteiger partial charge on any atom is -1.00 e. The van der Waals surface area contributed by atoms with E-state index in [9.17, 15) is 4.79 Å². The molecule has 0 radical (unpaired) electrons. The lowest BCUT2D eigenvalue weighted by Crippen LogP contribution is -3.14. The first-order valence-corrected chi connectivity index (χ1v) is 6.13. The highest BCUT2D eigenvalue weighted by Gasteiger charge is 2.48. The van der Waals surface area contributed by atoms with E-state index >= 15 is 0 Å². The number of carbonyl (C=O) groups is 1. The van der Waals surface area contributed by atoms with Crippen molar-refractivity contribution in [3.8, 4) is 0 Å². The number of carboxylic acid groups (broad SMARTS) is 1. The average Bonchev–Trinajstić information content (AvgIpc) is 2.66. The summed E-state index contributed by atoms with van der Waals surface area (Å²) < 4.78 is 10.9. The zero-order chi connectivity index (χ0) is 12.5. The number of ether oxygens (including phenoxy) is 2. The maximum atomic E-state index is 11.0. The molecular weight excluding hydrogens is 270 g/mol. The molecule has 0 saturated carbocycles. The van der Waals surface area contributed by atoms with E-state index in [0.29, 0.717) is 13.1 Å². The fourth-order valence-electron chi connectivity index (χ4n) is 2.65. The van der Waals surface area contributed by atoms with Crippen molar-refractivity contribution in [3.05, 3.63) is 35.9 Å². The minimum atomic E-state index is -0.927. The second-order valence-corrected chi connectivity index (χ2v) is 4.82. The molecule has 0 amide bonds. The Morgan fingerprint density at radius 3 is 2.68 bits per heavy atom. The third-order valence-electron chi connectivity index (χ3n) is 3.45. The van der Waals surface area contributed by atoms with Crippen LogP contribution in [-0.2, 0) is 20.8 Å². The van der Waals surface area contributed by atoms with Crippen LogP contribution in [0.4, 0.5) is 0 Å². The van der Waals surface area contributed by atoms with Gasteiger partial charge in [0.2, 0.25) is 6.29 Å². The van der Waals surface area contributed by atoms with E-state index < -0.39 is 12.1 Å². The molecule has 1 aromatic carbocycles. The fraction of sp³-hybridized carbons (Fsp3) is 0.462. The molecular formula is C13H16ClNO4. The summed E-state index contributed by atoms with van der Waals surface area (Å²) in [7, 11) is 0. The molecule has 19 heavy (non-hydrogen) atoms. The summed E-state index contributed by atoms with van der Waals surface area (Å²) in [6.07, 6.45) is -1.49. The van der Waals surface area contributed by atoms with Gasteiger partial charge in [-0.05, 0) is 0 Å². The molecule has 104 valence electrons. The first-order chi connectivity index (χ1) is 8.72. The number of hydrogen-bond acceptors (Lipinski definition) is 3. The number of fused-ring (bicyclic) bond motifs is 2. The molecule has 3 rings (SSSR count). The first kappa shape index (κ1) is 14.3. The van der Waals surface area contributed by atoms with E-state index in [2.05, 4.69) is 12.1 Å². The molecule has 2 heterocycles. The third-order valence-corrected chi connectivity index (χ3v) is 3.45. The van der Waals surface area contributed by atoms with Crippen molar-refractivity contribution in [3.63, 3.8) is 0 Å². The topological polar surface area (TPSA) is 60.2 Å². The summed E-state index contributed by atoms with van der Waals surface area (Å²) >= 11 is 0. The van der Waals surface area contributed by atoms with E-state index in [0.717, 1.165) is 6.54 Å². The van der Waals surface area contributed by atoms with Crippen molar-refractivity contribution in [1.82, 2.24) is 0 Å². The summed E-state index contributed by atoms with van der Waals surface area (Å²) in [5, 5.41) is 9.02. The van der Waals surface area contributed by atoms with Gasteiger partial charge in [0.05, 0.1) is 0 Å². The summed E-state index contributed by atoms with van der Waals surface area (Å²) in [4.78, 5) is 12.3.